The average Bonchev–Trinajstić information content (AvgIpc) is 3.05. The van der Waals surface area contributed by atoms with Gasteiger partial charge in [-0.25, -0.2) is 0 Å². The lowest BCUT2D eigenvalue weighted by Gasteiger charge is -2.21. The first-order valence-electron chi connectivity index (χ1n) is 6.87. The Morgan fingerprint density at radius 1 is 1.37 bits per heavy atom. The van der Waals surface area contributed by atoms with Crippen molar-refractivity contribution in [2.75, 3.05) is 6.61 Å². The van der Waals surface area contributed by atoms with Gasteiger partial charge in [-0.2, -0.15) is 0 Å². The molecule has 3 nitrogen and oxygen atoms in total. The van der Waals surface area contributed by atoms with E-state index in [9.17, 15) is 0 Å². The van der Waals surface area contributed by atoms with E-state index in [-0.39, 0.29) is 16.7 Å². The fraction of sp³-hybridized carbons (Fsp3) is 0.562. The number of nitrogens with two attached hydrogens (primary N) is 1. The maximum Gasteiger partial charge on any atom is 0.119 e. The fourth-order valence-electron chi connectivity index (χ4n) is 2.24. The largest absolute Gasteiger partial charge is 0.493 e. The van der Waals surface area contributed by atoms with Crippen molar-refractivity contribution in [2.45, 2.75) is 45.4 Å². The highest BCUT2D eigenvalue weighted by atomic mass is 16.5. The molecule has 3 N–H and O–H groups in total. The van der Waals surface area contributed by atoms with E-state index in [4.69, 9.17) is 15.9 Å². The minimum atomic E-state index is 0.129. The molecule has 0 amide bonds. The second-order valence-electron chi connectivity index (χ2n) is 6.77. The molecule has 0 atom stereocenters. The maximum absolute atomic E-state index is 7.41. The zero-order chi connectivity index (χ0) is 14.1. The van der Waals surface area contributed by atoms with Crippen LogP contribution in [0.5, 0.6) is 5.75 Å². The minimum absolute atomic E-state index is 0.129. The number of benzene rings is 1. The van der Waals surface area contributed by atoms with E-state index >= 15 is 0 Å². The lowest BCUT2D eigenvalue weighted by Crippen LogP contribution is -2.21. The molecular formula is C16H24N2O. The van der Waals surface area contributed by atoms with Gasteiger partial charge in [0.1, 0.15) is 5.75 Å². The first-order chi connectivity index (χ1) is 8.81. The lowest BCUT2D eigenvalue weighted by atomic mass is 9.87. The lowest BCUT2D eigenvalue weighted by molar-refractivity contribution is 0.238. The molecule has 1 aliphatic rings. The number of hydrogen-bond donors (Lipinski definition) is 2. The number of rotatable bonds is 5. The van der Waals surface area contributed by atoms with Crippen LogP contribution in [0.4, 0.5) is 0 Å². The highest BCUT2D eigenvalue weighted by Crippen LogP contribution is 2.48. The highest BCUT2D eigenvalue weighted by Gasteiger charge is 2.44. The highest BCUT2D eigenvalue weighted by molar-refractivity contribution is 5.78. The number of nitrogens with one attached hydrogen (secondary N) is 1. The molecule has 0 aromatic heterocycles. The van der Waals surface area contributed by atoms with Crippen LogP contribution in [0.25, 0.3) is 0 Å². The Morgan fingerprint density at radius 2 is 2.05 bits per heavy atom. The van der Waals surface area contributed by atoms with Crippen molar-refractivity contribution in [3.63, 3.8) is 0 Å². The van der Waals surface area contributed by atoms with E-state index in [2.05, 4.69) is 32.9 Å². The molecule has 2 rings (SSSR count). The second kappa shape index (κ2) is 4.87. The summed E-state index contributed by atoms with van der Waals surface area (Å²) in [5, 5.41) is 7.41. The predicted octanol–water partition coefficient (Wildman–Crippen LogP) is 3.47. The van der Waals surface area contributed by atoms with Gasteiger partial charge in [0.2, 0.25) is 0 Å². The van der Waals surface area contributed by atoms with Crippen LogP contribution in [-0.4, -0.2) is 12.4 Å². The fourth-order valence-corrected chi connectivity index (χ4v) is 2.24. The monoisotopic (exact) mass is 260 g/mol. The Balaban J connectivity index is 1.99. The molecule has 0 radical (unpaired) electrons. The van der Waals surface area contributed by atoms with Crippen LogP contribution in [0, 0.1) is 10.8 Å². The summed E-state index contributed by atoms with van der Waals surface area (Å²) in [6.07, 6.45) is 2.89. The van der Waals surface area contributed by atoms with E-state index in [0.29, 0.717) is 13.0 Å². The van der Waals surface area contributed by atoms with Gasteiger partial charge in [-0.1, -0.05) is 32.9 Å². The van der Waals surface area contributed by atoms with E-state index in [1.165, 1.54) is 5.56 Å². The Labute approximate surface area is 115 Å². The molecule has 0 bridgehead atoms. The van der Waals surface area contributed by atoms with Gasteiger partial charge in [-0.05, 0) is 36.0 Å². The molecular weight excluding hydrogens is 236 g/mol. The van der Waals surface area contributed by atoms with Crippen LogP contribution in [-0.2, 0) is 5.41 Å². The summed E-state index contributed by atoms with van der Waals surface area (Å²) in [7, 11) is 0. The molecule has 0 saturated heterocycles. The maximum atomic E-state index is 7.41. The number of ether oxygens (including phenoxy) is 1. The van der Waals surface area contributed by atoms with Crippen molar-refractivity contribution in [1.82, 2.24) is 0 Å². The van der Waals surface area contributed by atoms with Gasteiger partial charge in [0.15, 0.2) is 0 Å². The zero-order valence-electron chi connectivity index (χ0n) is 12.1. The SMILES string of the molecule is CC(C)(C)c1cccc(OCC2(CC(=N)N)CC2)c1. The molecule has 1 fully saturated rings. The van der Waals surface area contributed by atoms with Crippen LogP contribution < -0.4 is 10.5 Å². The molecule has 1 aromatic carbocycles. The van der Waals surface area contributed by atoms with E-state index in [0.717, 1.165) is 18.6 Å². The molecule has 0 aliphatic heterocycles. The Kier molecular flexibility index (Phi) is 3.57. The van der Waals surface area contributed by atoms with Crippen LogP contribution >= 0.6 is 0 Å². The molecule has 1 aromatic rings. The molecule has 0 unspecified atom stereocenters. The zero-order valence-corrected chi connectivity index (χ0v) is 12.1. The molecule has 104 valence electrons. The Bertz CT molecular complexity index is 470. The standard InChI is InChI=1S/C16H24N2O/c1-15(2,3)12-5-4-6-13(9-12)19-11-16(7-8-16)10-14(17)18/h4-6,9H,7-8,10-11H2,1-3H3,(H3,17,18). The average molecular weight is 260 g/mol. The molecule has 0 heterocycles. The van der Waals surface area contributed by atoms with Crippen molar-refractivity contribution in [3.05, 3.63) is 29.8 Å². The second-order valence-corrected chi connectivity index (χ2v) is 6.77. The van der Waals surface area contributed by atoms with Crippen LogP contribution in [0.15, 0.2) is 24.3 Å². The van der Waals surface area contributed by atoms with E-state index in [1.807, 2.05) is 12.1 Å². The van der Waals surface area contributed by atoms with Crippen LogP contribution in [0.3, 0.4) is 0 Å². The van der Waals surface area contributed by atoms with Gasteiger partial charge >= 0.3 is 0 Å². The third-order valence-corrected chi connectivity index (χ3v) is 3.77. The summed E-state index contributed by atoms with van der Waals surface area (Å²) in [5.74, 6) is 1.19. The van der Waals surface area contributed by atoms with Crippen LogP contribution in [0.1, 0.15) is 45.6 Å². The van der Waals surface area contributed by atoms with Crippen molar-refractivity contribution in [2.24, 2.45) is 11.1 Å². The molecule has 19 heavy (non-hydrogen) atoms. The number of hydrogen-bond acceptors (Lipinski definition) is 2. The Hall–Kier alpha value is -1.51. The summed E-state index contributed by atoms with van der Waals surface area (Å²) in [4.78, 5) is 0. The molecule has 3 heteroatoms. The third-order valence-electron chi connectivity index (χ3n) is 3.77. The van der Waals surface area contributed by atoms with Crippen molar-refractivity contribution in [1.29, 1.82) is 5.41 Å². The predicted molar refractivity (Wildman–Crippen MR) is 78.8 cm³/mol. The van der Waals surface area contributed by atoms with Gasteiger partial charge in [-0.15, -0.1) is 0 Å². The topological polar surface area (TPSA) is 59.1 Å². The molecule has 1 saturated carbocycles. The van der Waals surface area contributed by atoms with Crippen molar-refractivity contribution < 1.29 is 4.74 Å². The summed E-state index contributed by atoms with van der Waals surface area (Å²) >= 11 is 0. The summed E-state index contributed by atoms with van der Waals surface area (Å²) in [6, 6.07) is 8.29. The van der Waals surface area contributed by atoms with Crippen molar-refractivity contribution >= 4 is 5.84 Å². The first kappa shape index (κ1) is 13.9. The Morgan fingerprint density at radius 3 is 2.58 bits per heavy atom. The molecule has 0 spiro atoms. The van der Waals surface area contributed by atoms with Gasteiger partial charge < -0.3 is 10.5 Å². The van der Waals surface area contributed by atoms with Gasteiger partial charge in [0.05, 0.1) is 12.4 Å². The van der Waals surface area contributed by atoms with E-state index in [1.54, 1.807) is 0 Å². The summed E-state index contributed by atoms with van der Waals surface area (Å²) < 4.78 is 5.92. The van der Waals surface area contributed by atoms with Gasteiger partial charge in [0.25, 0.3) is 0 Å². The molecule has 1 aliphatic carbocycles. The quantitative estimate of drug-likeness (QED) is 0.629. The smallest absolute Gasteiger partial charge is 0.119 e. The first-order valence-corrected chi connectivity index (χ1v) is 6.87. The minimum Gasteiger partial charge on any atom is -0.493 e. The van der Waals surface area contributed by atoms with E-state index < -0.39 is 0 Å². The third kappa shape index (κ3) is 3.72. The number of amidine groups is 1. The summed E-state index contributed by atoms with van der Waals surface area (Å²) in [6.45, 7) is 7.26. The normalized spacial score (nSPS) is 17.0. The van der Waals surface area contributed by atoms with Crippen LogP contribution in [0.2, 0.25) is 0 Å². The van der Waals surface area contributed by atoms with Gasteiger partial charge in [-0.3, -0.25) is 5.41 Å². The van der Waals surface area contributed by atoms with Crippen molar-refractivity contribution in [3.8, 4) is 5.75 Å². The summed E-state index contributed by atoms with van der Waals surface area (Å²) in [5.41, 5.74) is 7.04. The van der Waals surface area contributed by atoms with Gasteiger partial charge in [0, 0.05) is 11.8 Å².